The van der Waals surface area contributed by atoms with Crippen LogP contribution in [0.25, 0.3) is 0 Å². The summed E-state index contributed by atoms with van der Waals surface area (Å²) < 4.78 is 5.44. The molecule has 0 saturated heterocycles. The molecular weight excluding hydrogens is 178 g/mol. The molecule has 0 aromatic heterocycles. The monoisotopic (exact) mass is 195 g/mol. The Bertz CT molecular complexity index is 276. The van der Waals surface area contributed by atoms with E-state index in [1.165, 1.54) is 5.56 Å². The van der Waals surface area contributed by atoms with Gasteiger partial charge in [-0.15, -0.1) is 0 Å². The van der Waals surface area contributed by atoms with E-state index in [2.05, 4.69) is 0 Å². The van der Waals surface area contributed by atoms with Gasteiger partial charge < -0.3 is 15.6 Å². The third-order valence-corrected chi connectivity index (χ3v) is 1.98. The van der Waals surface area contributed by atoms with Crippen molar-refractivity contribution in [1.29, 1.82) is 0 Å². The average Bonchev–Trinajstić information content (AvgIpc) is 2.17. The van der Waals surface area contributed by atoms with Crippen molar-refractivity contribution in [1.82, 2.24) is 0 Å². The summed E-state index contributed by atoms with van der Waals surface area (Å²) >= 11 is 0. The smallest absolute Gasteiger partial charge is 0.119 e. The summed E-state index contributed by atoms with van der Waals surface area (Å²) in [5.41, 5.74) is 6.44. The van der Waals surface area contributed by atoms with Crippen molar-refractivity contribution in [3.63, 3.8) is 0 Å². The number of aliphatic hydroxyl groups excluding tert-OH is 1. The molecule has 3 N–H and O–H groups in total. The van der Waals surface area contributed by atoms with Gasteiger partial charge in [-0.3, -0.25) is 0 Å². The SMILES string of the molecule is Cc1cccc(OCCC(O)CN)c1. The number of rotatable bonds is 5. The minimum atomic E-state index is -0.459. The van der Waals surface area contributed by atoms with Crippen LogP contribution in [-0.4, -0.2) is 24.4 Å². The number of benzene rings is 1. The van der Waals surface area contributed by atoms with Gasteiger partial charge in [0.25, 0.3) is 0 Å². The van der Waals surface area contributed by atoms with E-state index < -0.39 is 6.10 Å². The maximum Gasteiger partial charge on any atom is 0.119 e. The summed E-state index contributed by atoms with van der Waals surface area (Å²) in [6, 6.07) is 7.84. The third kappa shape index (κ3) is 3.77. The van der Waals surface area contributed by atoms with E-state index in [0.717, 1.165) is 5.75 Å². The van der Waals surface area contributed by atoms with Gasteiger partial charge in [-0.25, -0.2) is 0 Å². The Hall–Kier alpha value is -1.06. The molecule has 0 aliphatic heterocycles. The van der Waals surface area contributed by atoms with Gasteiger partial charge in [-0.05, 0) is 24.6 Å². The molecule has 3 heteroatoms. The number of nitrogens with two attached hydrogens (primary N) is 1. The summed E-state index contributed by atoms with van der Waals surface area (Å²) in [5, 5.41) is 9.19. The molecule has 14 heavy (non-hydrogen) atoms. The molecule has 0 amide bonds. The standard InChI is InChI=1S/C11H17NO2/c1-9-3-2-4-11(7-9)14-6-5-10(13)8-12/h2-4,7,10,13H,5-6,8,12H2,1H3. The highest BCUT2D eigenvalue weighted by Crippen LogP contribution is 2.12. The molecule has 0 radical (unpaired) electrons. The van der Waals surface area contributed by atoms with Crippen LogP contribution in [-0.2, 0) is 0 Å². The zero-order valence-corrected chi connectivity index (χ0v) is 8.44. The van der Waals surface area contributed by atoms with Crippen molar-refractivity contribution in [2.45, 2.75) is 19.4 Å². The Morgan fingerprint density at radius 1 is 1.50 bits per heavy atom. The normalized spacial score (nSPS) is 12.5. The van der Waals surface area contributed by atoms with E-state index in [1.54, 1.807) is 0 Å². The second-order valence-electron chi connectivity index (χ2n) is 3.34. The second-order valence-corrected chi connectivity index (χ2v) is 3.34. The number of hydrogen-bond donors (Lipinski definition) is 2. The lowest BCUT2D eigenvalue weighted by molar-refractivity contribution is 0.146. The number of aryl methyl sites for hydroxylation is 1. The Balaban J connectivity index is 2.31. The van der Waals surface area contributed by atoms with Gasteiger partial charge in [0, 0.05) is 13.0 Å². The van der Waals surface area contributed by atoms with E-state index in [1.807, 2.05) is 31.2 Å². The van der Waals surface area contributed by atoms with Gasteiger partial charge in [0.15, 0.2) is 0 Å². The molecule has 0 saturated carbocycles. The summed E-state index contributed by atoms with van der Waals surface area (Å²) in [6.45, 7) is 2.81. The maximum atomic E-state index is 9.19. The fraction of sp³-hybridized carbons (Fsp3) is 0.455. The lowest BCUT2D eigenvalue weighted by Crippen LogP contribution is -2.21. The first-order valence-electron chi connectivity index (χ1n) is 4.80. The van der Waals surface area contributed by atoms with Crippen molar-refractivity contribution in [2.24, 2.45) is 5.73 Å². The second kappa shape index (κ2) is 5.62. The molecule has 0 spiro atoms. The highest BCUT2D eigenvalue weighted by molar-refractivity contribution is 5.27. The largest absolute Gasteiger partial charge is 0.493 e. The molecular formula is C11H17NO2. The number of ether oxygens (including phenoxy) is 1. The first-order chi connectivity index (χ1) is 6.72. The van der Waals surface area contributed by atoms with Crippen LogP contribution in [0.2, 0.25) is 0 Å². The van der Waals surface area contributed by atoms with E-state index in [0.29, 0.717) is 13.0 Å². The maximum absolute atomic E-state index is 9.19. The Labute approximate surface area is 84.5 Å². The molecule has 1 aromatic carbocycles. The summed E-state index contributed by atoms with van der Waals surface area (Å²) in [5.74, 6) is 0.842. The van der Waals surface area contributed by atoms with Crippen LogP contribution in [0, 0.1) is 6.92 Å². The van der Waals surface area contributed by atoms with Crippen molar-refractivity contribution in [3.8, 4) is 5.75 Å². The van der Waals surface area contributed by atoms with Gasteiger partial charge in [-0.2, -0.15) is 0 Å². The van der Waals surface area contributed by atoms with E-state index in [-0.39, 0.29) is 6.54 Å². The van der Waals surface area contributed by atoms with E-state index in [9.17, 15) is 5.11 Å². The lowest BCUT2D eigenvalue weighted by Gasteiger charge is -2.09. The zero-order valence-electron chi connectivity index (χ0n) is 8.44. The van der Waals surface area contributed by atoms with E-state index in [4.69, 9.17) is 10.5 Å². The Kier molecular flexibility index (Phi) is 4.43. The highest BCUT2D eigenvalue weighted by atomic mass is 16.5. The van der Waals surface area contributed by atoms with Gasteiger partial charge in [-0.1, -0.05) is 12.1 Å². The van der Waals surface area contributed by atoms with Gasteiger partial charge in [0.05, 0.1) is 12.7 Å². The molecule has 1 unspecified atom stereocenters. The minimum Gasteiger partial charge on any atom is -0.493 e. The summed E-state index contributed by atoms with van der Waals surface area (Å²) in [7, 11) is 0. The molecule has 0 fully saturated rings. The van der Waals surface area contributed by atoms with Crippen LogP contribution in [0.1, 0.15) is 12.0 Å². The number of aliphatic hydroxyl groups is 1. The molecule has 0 aliphatic rings. The van der Waals surface area contributed by atoms with Crippen molar-refractivity contribution in [3.05, 3.63) is 29.8 Å². The van der Waals surface area contributed by atoms with Crippen molar-refractivity contribution in [2.75, 3.05) is 13.2 Å². The fourth-order valence-electron chi connectivity index (χ4n) is 1.14. The van der Waals surface area contributed by atoms with E-state index >= 15 is 0 Å². The molecule has 0 aliphatic carbocycles. The van der Waals surface area contributed by atoms with Crippen molar-refractivity contribution < 1.29 is 9.84 Å². The van der Waals surface area contributed by atoms with Gasteiger partial charge in [0.2, 0.25) is 0 Å². The lowest BCUT2D eigenvalue weighted by atomic mass is 10.2. The Morgan fingerprint density at radius 3 is 2.93 bits per heavy atom. The first-order valence-corrected chi connectivity index (χ1v) is 4.80. The van der Waals surface area contributed by atoms with Crippen LogP contribution < -0.4 is 10.5 Å². The zero-order chi connectivity index (χ0) is 10.4. The molecule has 0 bridgehead atoms. The molecule has 3 nitrogen and oxygen atoms in total. The molecule has 78 valence electrons. The van der Waals surface area contributed by atoms with Crippen molar-refractivity contribution >= 4 is 0 Å². The molecule has 1 aromatic rings. The quantitative estimate of drug-likeness (QED) is 0.739. The Morgan fingerprint density at radius 2 is 2.29 bits per heavy atom. The highest BCUT2D eigenvalue weighted by Gasteiger charge is 2.00. The van der Waals surface area contributed by atoms with Crippen LogP contribution in [0.5, 0.6) is 5.75 Å². The predicted octanol–water partition coefficient (Wildman–Crippen LogP) is 1.08. The fourth-order valence-corrected chi connectivity index (χ4v) is 1.14. The predicted molar refractivity (Wildman–Crippen MR) is 56.4 cm³/mol. The van der Waals surface area contributed by atoms with Crippen LogP contribution in [0.3, 0.4) is 0 Å². The minimum absolute atomic E-state index is 0.289. The third-order valence-electron chi connectivity index (χ3n) is 1.98. The molecule has 1 rings (SSSR count). The van der Waals surface area contributed by atoms with Crippen LogP contribution in [0.4, 0.5) is 0 Å². The number of hydrogen-bond acceptors (Lipinski definition) is 3. The summed E-state index contributed by atoms with van der Waals surface area (Å²) in [6.07, 6.45) is 0.115. The summed E-state index contributed by atoms with van der Waals surface area (Å²) in [4.78, 5) is 0. The van der Waals surface area contributed by atoms with Crippen LogP contribution in [0.15, 0.2) is 24.3 Å². The van der Waals surface area contributed by atoms with Gasteiger partial charge in [0.1, 0.15) is 5.75 Å². The molecule has 1 atom stereocenters. The first kappa shape index (κ1) is 11.0. The van der Waals surface area contributed by atoms with Crippen LogP contribution >= 0.6 is 0 Å². The average molecular weight is 195 g/mol. The molecule has 0 heterocycles. The topological polar surface area (TPSA) is 55.5 Å². The van der Waals surface area contributed by atoms with Gasteiger partial charge >= 0.3 is 0 Å².